The molecule has 6 N–H and O–H groups in total. The summed E-state index contributed by atoms with van der Waals surface area (Å²) in [5.41, 5.74) is 0. The van der Waals surface area contributed by atoms with Gasteiger partial charge >= 0.3 is 0 Å². The van der Waals surface area contributed by atoms with Crippen LogP contribution in [0.4, 0.5) is 0 Å². The summed E-state index contributed by atoms with van der Waals surface area (Å²) in [4.78, 5) is 12.8. The minimum Gasteiger partial charge on any atom is -0.394 e. The smallest absolute Gasteiger partial charge is 0.220 e. The van der Waals surface area contributed by atoms with Gasteiger partial charge < -0.3 is 40.3 Å². The van der Waals surface area contributed by atoms with Crippen LogP contribution in [0.5, 0.6) is 0 Å². The first-order valence-corrected chi connectivity index (χ1v) is 19.2. The summed E-state index contributed by atoms with van der Waals surface area (Å²) >= 11 is 0. The van der Waals surface area contributed by atoms with Gasteiger partial charge in [0.05, 0.1) is 25.4 Å². The Bertz CT molecular complexity index is 696. The van der Waals surface area contributed by atoms with Gasteiger partial charge in [0.15, 0.2) is 6.29 Å². The molecule has 9 heteroatoms. The molecule has 1 amide bonds. The first kappa shape index (κ1) is 43.2. The number of hydrogen-bond donors (Lipinski definition) is 6. The number of carbonyl (C=O) groups excluding carboxylic acids is 1. The van der Waals surface area contributed by atoms with E-state index in [1.807, 2.05) is 0 Å². The summed E-state index contributed by atoms with van der Waals surface area (Å²) < 4.78 is 11.2. The molecule has 0 aromatic heterocycles. The lowest BCUT2D eigenvalue weighted by Gasteiger charge is -2.40. The number of rotatable bonds is 31. The Hall–Kier alpha value is -0.810. The van der Waals surface area contributed by atoms with Gasteiger partial charge in [-0.3, -0.25) is 4.79 Å². The molecule has 7 unspecified atom stereocenters. The predicted molar refractivity (Wildman–Crippen MR) is 184 cm³/mol. The van der Waals surface area contributed by atoms with E-state index in [-0.39, 0.29) is 12.5 Å². The molecule has 7 atom stereocenters. The topological polar surface area (TPSA) is 149 Å². The molecule has 0 aliphatic carbocycles. The quantitative estimate of drug-likeness (QED) is 0.0466. The molecule has 0 saturated carbocycles. The lowest BCUT2D eigenvalue weighted by atomic mass is 9.99. The van der Waals surface area contributed by atoms with Gasteiger partial charge in [0.25, 0.3) is 0 Å². The normalized spacial score (nSPS) is 23.0. The maximum Gasteiger partial charge on any atom is 0.220 e. The average Bonchev–Trinajstić information content (AvgIpc) is 3.05. The van der Waals surface area contributed by atoms with E-state index in [9.17, 15) is 30.3 Å². The summed E-state index contributed by atoms with van der Waals surface area (Å²) in [6, 6.07) is -0.708. The van der Waals surface area contributed by atoms with Crippen molar-refractivity contribution in [1.29, 1.82) is 0 Å². The van der Waals surface area contributed by atoms with Crippen LogP contribution in [0, 0.1) is 0 Å². The highest BCUT2D eigenvalue weighted by atomic mass is 16.7. The Morgan fingerprint density at radius 2 is 1.09 bits per heavy atom. The number of aliphatic hydroxyl groups excluding tert-OH is 5. The van der Waals surface area contributed by atoms with Crippen LogP contribution < -0.4 is 5.32 Å². The van der Waals surface area contributed by atoms with Crippen LogP contribution in [-0.4, -0.2) is 87.5 Å². The summed E-state index contributed by atoms with van der Waals surface area (Å²) in [5.74, 6) is -0.146. The Morgan fingerprint density at radius 1 is 0.652 bits per heavy atom. The van der Waals surface area contributed by atoms with Gasteiger partial charge in [-0.05, 0) is 12.8 Å². The Balaban J connectivity index is 2.39. The third-order valence-electron chi connectivity index (χ3n) is 9.46. The maximum absolute atomic E-state index is 12.8. The van der Waals surface area contributed by atoms with E-state index in [1.54, 1.807) is 0 Å². The van der Waals surface area contributed by atoms with E-state index in [0.717, 1.165) is 38.5 Å². The van der Waals surface area contributed by atoms with Crippen LogP contribution in [0.2, 0.25) is 0 Å². The molecular weight excluding hydrogens is 586 g/mol. The molecule has 1 rings (SSSR count). The van der Waals surface area contributed by atoms with Crippen molar-refractivity contribution in [2.45, 2.75) is 217 Å². The van der Waals surface area contributed by atoms with Crippen LogP contribution in [0.1, 0.15) is 174 Å². The Labute approximate surface area is 281 Å². The van der Waals surface area contributed by atoms with Crippen molar-refractivity contribution in [2.24, 2.45) is 0 Å². The standard InChI is InChI=1S/C37H73NO8/c1-3-5-7-9-11-13-14-15-16-17-19-21-23-25-27-33(41)38-30(31(40)26-24-22-20-18-12-10-8-6-4-2)29-45-37-36(44)35(43)34(42)32(28-39)46-37/h30-32,34-37,39-40,42-44H,3-29H2,1-2H3,(H,38,41). The molecule has 274 valence electrons. The minimum atomic E-state index is -1.55. The second kappa shape index (κ2) is 29.1. The van der Waals surface area contributed by atoms with Crippen LogP contribution in [0.3, 0.4) is 0 Å². The highest BCUT2D eigenvalue weighted by Crippen LogP contribution is 2.23. The second-order valence-corrected chi connectivity index (χ2v) is 13.7. The Morgan fingerprint density at radius 3 is 1.54 bits per heavy atom. The summed E-state index contributed by atoms with van der Waals surface area (Å²) in [5, 5.41) is 53.9. The maximum atomic E-state index is 12.8. The number of carbonyl (C=O) groups is 1. The lowest BCUT2D eigenvalue weighted by molar-refractivity contribution is -0.302. The zero-order chi connectivity index (χ0) is 33.8. The molecule has 0 aromatic rings. The molecule has 1 aliphatic rings. The highest BCUT2D eigenvalue weighted by molar-refractivity contribution is 5.76. The van der Waals surface area contributed by atoms with Crippen LogP contribution >= 0.6 is 0 Å². The number of hydrogen-bond acceptors (Lipinski definition) is 8. The molecular formula is C37H73NO8. The summed E-state index contributed by atoms with van der Waals surface area (Å²) in [7, 11) is 0. The largest absolute Gasteiger partial charge is 0.394 e. The average molecular weight is 660 g/mol. The van der Waals surface area contributed by atoms with Crippen molar-refractivity contribution in [1.82, 2.24) is 5.32 Å². The molecule has 1 saturated heterocycles. The van der Waals surface area contributed by atoms with E-state index in [2.05, 4.69) is 19.2 Å². The molecule has 0 aromatic carbocycles. The van der Waals surface area contributed by atoms with Crippen molar-refractivity contribution in [3.8, 4) is 0 Å². The van der Waals surface area contributed by atoms with Crippen molar-refractivity contribution in [2.75, 3.05) is 13.2 Å². The minimum absolute atomic E-state index is 0.133. The van der Waals surface area contributed by atoms with Gasteiger partial charge in [0.2, 0.25) is 5.91 Å². The SMILES string of the molecule is CCCCCCCCCCCCCCCCC(=O)NC(COC1OC(CO)C(O)C(O)C1O)C(O)CCCCCCCCCCC. The van der Waals surface area contributed by atoms with E-state index >= 15 is 0 Å². The van der Waals surface area contributed by atoms with Gasteiger partial charge in [-0.2, -0.15) is 0 Å². The number of aliphatic hydroxyl groups is 5. The number of nitrogens with one attached hydrogen (secondary N) is 1. The van der Waals surface area contributed by atoms with Crippen LogP contribution in [0.25, 0.3) is 0 Å². The fourth-order valence-electron chi connectivity index (χ4n) is 6.28. The summed E-state index contributed by atoms with van der Waals surface area (Å²) in [6.07, 6.45) is 21.1. The molecule has 0 bridgehead atoms. The number of amides is 1. The van der Waals surface area contributed by atoms with E-state index < -0.39 is 49.5 Å². The fraction of sp³-hybridized carbons (Fsp3) is 0.973. The first-order chi connectivity index (χ1) is 22.3. The van der Waals surface area contributed by atoms with Crippen molar-refractivity contribution < 1.29 is 39.8 Å². The van der Waals surface area contributed by atoms with E-state index in [1.165, 1.54) is 109 Å². The second-order valence-electron chi connectivity index (χ2n) is 13.7. The fourth-order valence-corrected chi connectivity index (χ4v) is 6.28. The summed E-state index contributed by atoms with van der Waals surface area (Å²) in [6.45, 7) is 3.79. The molecule has 1 heterocycles. The zero-order valence-corrected chi connectivity index (χ0v) is 29.6. The van der Waals surface area contributed by atoms with Crippen molar-refractivity contribution in [3.05, 3.63) is 0 Å². The van der Waals surface area contributed by atoms with Gasteiger partial charge in [0.1, 0.15) is 24.4 Å². The van der Waals surface area contributed by atoms with Crippen LogP contribution in [-0.2, 0) is 14.3 Å². The predicted octanol–water partition coefficient (Wildman–Crippen LogP) is 6.44. The molecule has 1 aliphatic heterocycles. The highest BCUT2D eigenvalue weighted by Gasteiger charge is 2.44. The molecule has 0 spiro atoms. The van der Waals surface area contributed by atoms with E-state index in [4.69, 9.17) is 9.47 Å². The van der Waals surface area contributed by atoms with Crippen molar-refractivity contribution >= 4 is 5.91 Å². The van der Waals surface area contributed by atoms with Crippen LogP contribution in [0.15, 0.2) is 0 Å². The van der Waals surface area contributed by atoms with Crippen molar-refractivity contribution in [3.63, 3.8) is 0 Å². The third-order valence-corrected chi connectivity index (χ3v) is 9.46. The lowest BCUT2D eigenvalue weighted by Crippen LogP contribution is -2.60. The van der Waals surface area contributed by atoms with Gasteiger partial charge in [0, 0.05) is 6.42 Å². The first-order valence-electron chi connectivity index (χ1n) is 19.2. The van der Waals surface area contributed by atoms with Gasteiger partial charge in [-0.15, -0.1) is 0 Å². The van der Waals surface area contributed by atoms with Gasteiger partial charge in [-0.25, -0.2) is 0 Å². The van der Waals surface area contributed by atoms with E-state index in [0.29, 0.717) is 12.8 Å². The number of ether oxygens (including phenoxy) is 2. The van der Waals surface area contributed by atoms with Gasteiger partial charge in [-0.1, -0.05) is 155 Å². The monoisotopic (exact) mass is 660 g/mol. The molecule has 0 radical (unpaired) electrons. The third kappa shape index (κ3) is 20.5. The Kier molecular flexibility index (Phi) is 27.4. The molecule has 1 fully saturated rings. The number of unbranched alkanes of at least 4 members (excludes halogenated alkanes) is 21. The molecule has 9 nitrogen and oxygen atoms in total. The molecule has 46 heavy (non-hydrogen) atoms. The zero-order valence-electron chi connectivity index (χ0n) is 29.6.